The Bertz CT molecular complexity index is 622. The van der Waals surface area contributed by atoms with Crippen LogP contribution in [-0.2, 0) is 9.63 Å². The van der Waals surface area contributed by atoms with Crippen molar-refractivity contribution in [3.05, 3.63) is 57.8 Å². The largest absolute Gasteiger partial charge is 0.380 e. The Hall–Kier alpha value is -2.18. The summed E-state index contributed by atoms with van der Waals surface area (Å²) in [5.74, 6) is -0.354. The molecule has 1 heterocycles. The number of benzene rings is 1. The molecule has 6 heteroatoms. The third-order valence-electron chi connectivity index (χ3n) is 2.65. The van der Waals surface area contributed by atoms with Crippen molar-refractivity contribution in [2.45, 2.75) is 13.0 Å². The average Bonchev–Trinajstić information content (AvgIpc) is 2.94. The van der Waals surface area contributed by atoms with E-state index in [1.54, 1.807) is 0 Å². The van der Waals surface area contributed by atoms with Gasteiger partial charge in [0.15, 0.2) is 5.84 Å². The topological polar surface area (TPSA) is 90.7 Å². The molecule has 2 aromatic rings. The molecule has 0 amide bonds. The Balaban J connectivity index is 2.17. The fourth-order valence-electron chi connectivity index (χ4n) is 1.64. The van der Waals surface area contributed by atoms with Crippen molar-refractivity contribution in [1.82, 2.24) is 0 Å². The first kappa shape index (κ1) is 14.2. The highest BCUT2D eigenvalue weighted by atomic mass is 32.1. The molecule has 20 heavy (non-hydrogen) atoms. The van der Waals surface area contributed by atoms with Gasteiger partial charge in [-0.15, -0.1) is 11.3 Å². The molecule has 0 aliphatic heterocycles. The first-order valence-electron chi connectivity index (χ1n) is 5.98. The first-order chi connectivity index (χ1) is 9.58. The van der Waals surface area contributed by atoms with Crippen molar-refractivity contribution < 1.29 is 9.63 Å². The standard InChI is InChI=1S/C14H15N3O2S/c1-9(18)19-17-14(16)11-7-12(20-8-11)13(15)10-5-3-2-4-6-10/h2-8,13H,15H2,1H3,(H2,16,17)/t13-/m1/s1. The maximum atomic E-state index is 10.7. The molecule has 1 aromatic carbocycles. The molecule has 1 aromatic heterocycles. The number of amidine groups is 1. The van der Waals surface area contributed by atoms with Crippen LogP contribution < -0.4 is 11.5 Å². The Morgan fingerprint density at radius 3 is 2.70 bits per heavy atom. The van der Waals surface area contributed by atoms with Crippen molar-refractivity contribution >= 4 is 23.1 Å². The number of thiophene rings is 1. The SMILES string of the molecule is CC(=O)ON=C(N)c1csc([C@H](N)c2ccccc2)c1. The first-order valence-corrected chi connectivity index (χ1v) is 6.86. The number of nitrogens with zero attached hydrogens (tertiary/aromatic N) is 1. The Labute approximate surface area is 120 Å². The fraction of sp³-hybridized carbons (Fsp3) is 0.143. The molecule has 1 atom stereocenters. The molecule has 2 rings (SSSR count). The Morgan fingerprint density at radius 1 is 1.35 bits per heavy atom. The van der Waals surface area contributed by atoms with Gasteiger partial charge in [-0.2, -0.15) is 0 Å². The summed E-state index contributed by atoms with van der Waals surface area (Å²) in [4.78, 5) is 16.2. The van der Waals surface area contributed by atoms with E-state index in [0.29, 0.717) is 5.56 Å². The lowest BCUT2D eigenvalue weighted by atomic mass is 10.1. The summed E-state index contributed by atoms with van der Waals surface area (Å²) in [6, 6.07) is 11.4. The van der Waals surface area contributed by atoms with E-state index in [2.05, 4.69) is 9.99 Å². The molecular weight excluding hydrogens is 274 g/mol. The van der Waals surface area contributed by atoms with Gasteiger partial charge in [-0.1, -0.05) is 35.5 Å². The Morgan fingerprint density at radius 2 is 2.05 bits per heavy atom. The molecule has 5 nitrogen and oxygen atoms in total. The van der Waals surface area contributed by atoms with Crippen LogP contribution in [0.4, 0.5) is 0 Å². The van der Waals surface area contributed by atoms with E-state index < -0.39 is 5.97 Å². The summed E-state index contributed by atoms with van der Waals surface area (Å²) in [6.07, 6.45) is 0. The van der Waals surface area contributed by atoms with Gasteiger partial charge in [-0.25, -0.2) is 4.79 Å². The van der Waals surface area contributed by atoms with Gasteiger partial charge in [-0.3, -0.25) is 0 Å². The van der Waals surface area contributed by atoms with Crippen molar-refractivity contribution in [3.8, 4) is 0 Å². The van der Waals surface area contributed by atoms with Crippen LogP contribution in [0, 0.1) is 0 Å². The van der Waals surface area contributed by atoms with Gasteiger partial charge in [0.05, 0.1) is 6.04 Å². The van der Waals surface area contributed by atoms with Crippen molar-refractivity contribution in [3.63, 3.8) is 0 Å². The smallest absolute Gasteiger partial charge is 0.332 e. The van der Waals surface area contributed by atoms with Crippen LogP contribution >= 0.6 is 11.3 Å². The van der Waals surface area contributed by atoms with Crippen molar-refractivity contribution in [2.24, 2.45) is 16.6 Å². The second-order valence-corrected chi connectivity index (χ2v) is 5.13. The number of oxime groups is 1. The number of carbonyl (C=O) groups excluding carboxylic acids is 1. The highest BCUT2D eigenvalue weighted by molar-refractivity contribution is 7.10. The van der Waals surface area contributed by atoms with E-state index in [-0.39, 0.29) is 11.9 Å². The predicted molar refractivity (Wildman–Crippen MR) is 79.3 cm³/mol. The third kappa shape index (κ3) is 3.43. The number of rotatable bonds is 4. The third-order valence-corrected chi connectivity index (χ3v) is 3.67. The normalized spacial score (nSPS) is 13.0. The number of carbonyl (C=O) groups is 1. The van der Waals surface area contributed by atoms with Crippen LogP contribution in [0.3, 0.4) is 0 Å². The monoisotopic (exact) mass is 289 g/mol. The summed E-state index contributed by atoms with van der Waals surface area (Å²) in [6.45, 7) is 1.27. The molecule has 0 fully saturated rings. The summed E-state index contributed by atoms with van der Waals surface area (Å²) < 4.78 is 0. The molecule has 0 aliphatic carbocycles. The Kier molecular flexibility index (Phi) is 4.49. The van der Waals surface area contributed by atoms with Crippen LogP contribution in [0.15, 0.2) is 46.9 Å². The van der Waals surface area contributed by atoms with Crippen LogP contribution in [0.1, 0.15) is 29.0 Å². The lowest BCUT2D eigenvalue weighted by molar-refractivity contribution is -0.140. The average molecular weight is 289 g/mol. The van der Waals surface area contributed by atoms with Gasteiger partial charge in [0.1, 0.15) is 0 Å². The van der Waals surface area contributed by atoms with Crippen molar-refractivity contribution in [1.29, 1.82) is 0 Å². The second kappa shape index (κ2) is 6.31. The second-order valence-electron chi connectivity index (χ2n) is 4.19. The minimum atomic E-state index is -0.510. The van der Waals surface area contributed by atoms with Gasteiger partial charge in [-0.05, 0) is 11.6 Å². The number of nitrogens with two attached hydrogens (primary N) is 2. The van der Waals surface area contributed by atoms with E-state index in [0.717, 1.165) is 10.4 Å². The van der Waals surface area contributed by atoms with Crippen molar-refractivity contribution in [2.75, 3.05) is 0 Å². The van der Waals surface area contributed by atoms with Gasteiger partial charge in [0.25, 0.3) is 0 Å². The van der Waals surface area contributed by atoms with Crippen LogP contribution in [0.25, 0.3) is 0 Å². The zero-order valence-electron chi connectivity index (χ0n) is 10.9. The van der Waals surface area contributed by atoms with Gasteiger partial charge >= 0.3 is 5.97 Å². The zero-order valence-corrected chi connectivity index (χ0v) is 11.8. The molecule has 0 aliphatic rings. The van der Waals surface area contributed by atoms with Crippen LogP contribution in [-0.4, -0.2) is 11.8 Å². The quantitative estimate of drug-likeness (QED) is 0.390. The lowest BCUT2D eigenvalue weighted by Gasteiger charge is -2.09. The van der Waals surface area contributed by atoms with E-state index in [9.17, 15) is 4.79 Å². The number of hydrogen-bond acceptors (Lipinski definition) is 5. The molecule has 0 unspecified atom stereocenters. The molecule has 0 bridgehead atoms. The van der Waals surface area contributed by atoms with Crippen LogP contribution in [0.5, 0.6) is 0 Å². The fourth-order valence-corrected chi connectivity index (χ4v) is 2.57. The number of hydrogen-bond donors (Lipinski definition) is 2. The minimum Gasteiger partial charge on any atom is -0.380 e. The van der Waals surface area contributed by atoms with E-state index in [1.165, 1.54) is 18.3 Å². The zero-order chi connectivity index (χ0) is 14.5. The molecule has 4 N–H and O–H groups in total. The molecule has 0 spiro atoms. The summed E-state index contributed by atoms with van der Waals surface area (Å²) in [5, 5.41) is 5.38. The predicted octanol–water partition coefficient (Wildman–Crippen LogP) is 1.98. The van der Waals surface area contributed by atoms with E-state index >= 15 is 0 Å². The van der Waals surface area contributed by atoms with Gasteiger partial charge in [0, 0.05) is 22.7 Å². The maximum Gasteiger partial charge on any atom is 0.332 e. The van der Waals surface area contributed by atoms with E-state index in [4.69, 9.17) is 11.5 Å². The van der Waals surface area contributed by atoms with Crippen LogP contribution in [0.2, 0.25) is 0 Å². The maximum absolute atomic E-state index is 10.7. The molecule has 0 saturated heterocycles. The minimum absolute atomic E-state index is 0.156. The van der Waals surface area contributed by atoms with Gasteiger partial charge < -0.3 is 16.3 Å². The van der Waals surface area contributed by atoms with Gasteiger partial charge in [0.2, 0.25) is 0 Å². The highest BCUT2D eigenvalue weighted by Gasteiger charge is 2.12. The molecule has 0 saturated carbocycles. The molecule has 0 radical (unpaired) electrons. The summed E-state index contributed by atoms with van der Waals surface area (Å²) in [7, 11) is 0. The highest BCUT2D eigenvalue weighted by Crippen LogP contribution is 2.25. The van der Waals surface area contributed by atoms with E-state index in [1.807, 2.05) is 41.8 Å². The molecule has 104 valence electrons. The summed E-state index contributed by atoms with van der Waals surface area (Å²) in [5.41, 5.74) is 13.6. The molecular formula is C14H15N3O2S. The lowest BCUT2D eigenvalue weighted by Crippen LogP contribution is -2.14. The summed E-state index contributed by atoms with van der Waals surface area (Å²) >= 11 is 1.49.